The van der Waals surface area contributed by atoms with Crippen LogP contribution in [0.1, 0.15) is 27.8 Å². The highest BCUT2D eigenvalue weighted by Crippen LogP contribution is 2.24. The quantitative estimate of drug-likeness (QED) is 0.614. The van der Waals surface area contributed by atoms with Gasteiger partial charge in [-0.25, -0.2) is 18.3 Å². The lowest BCUT2D eigenvalue weighted by atomic mass is 9.90. The third-order valence-corrected chi connectivity index (χ3v) is 5.18. The van der Waals surface area contributed by atoms with E-state index in [2.05, 4.69) is 96.6 Å². The average Bonchev–Trinajstić information content (AvgIpc) is 3.15. The van der Waals surface area contributed by atoms with E-state index in [-0.39, 0.29) is 0 Å². The van der Waals surface area contributed by atoms with E-state index >= 15 is 0 Å². The fraction of sp³-hybridized carbons (Fsp3) is 0.429. The number of hydrogen-bond acceptors (Lipinski definition) is 0. The van der Waals surface area contributed by atoms with Crippen molar-refractivity contribution in [2.75, 3.05) is 0 Å². The number of aromatic nitrogens is 4. The van der Waals surface area contributed by atoms with Crippen LogP contribution in [0.15, 0.2) is 43.5 Å². The lowest BCUT2D eigenvalue weighted by Crippen LogP contribution is -2.24. The maximum atomic E-state index is 2.36. The smallest absolute Gasteiger partial charge is 0.240 e. The molecule has 0 aliphatic heterocycles. The van der Waals surface area contributed by atoms with Crippen LogP contribution in [0.3, 0.4) is 0 Å². The van der Waals surface area contributed by atoms with Crippen molar-refractivity contribution in [1.82, 2.24) is 9.13 Å². The monoisotopic (exact) mass is 338 g/mol. The van der Waals surface area contributed by atoms with Gasteiger partial charge < -0.3 is 0 Å². The van der Waals surface area contributed by atoms with Gasteiger partial charge >= 0.3 is 0 Å². The molecule has 0 amide bonds. The lowest BCUT2D eigenvalue weighted by molar-refractivity contribution is -0.671. The van der Waals surface area contributed by atoms with Crippen LogP contribution in [-0.4, -0.2) is 9.13 Å². The molecule has 0 spiro atoms. The van der Waals surface area contributed by atoms with Gasteiger partial charge in [-0.3, -0.25) is 0 Å². The number of aryl methyl sites for hydroxylation is 6. The molecule has 0 N–H and O–H groups in total. The Kier molecular flexibility index (Phi) is 5.07. The molecular weight excluding hydrogens is 308 g/mol. The third kappa shape index (κ3) is 4.01. The molecule has 0 aliphatic carbocycles. The Morgan fingerprint density at radius 1 is 0.760 bits per heavy atom. The van der Waals surface area contributed by atoms with E-state index in [0.29, 0.717) is 0 Å². The summed E-state index contributed by atoms with van der Waals surface area (Å²) in [5, 5.41) is 0. The minimum atomic E-state index is 1.03. The highest BCUT2D eigenvalue weighted by molar-refractivity contribution is 5.44. The molecule has 2 aromatic heterocycles. The molecule has 0 saturated heterocycles. The van der Waals surface area contributed by atoms with Crippen molar-refractivity contribution >= 4 is 0 Å². The van der Waals surface area contributed by atoms with Crippen molar-refractivity contribution in [2.24, 2.45) is 14.1 Å². The number of benzene rings is 1. The Morgan fingerprint density at radius 2 is 1.20 bits per heavy atom. The molecule has 0 fully saturated rings. The largest absolute Gasteiger partial charge is 0.243 e. The summed E-state index contributed by atoms with van der Waals surface area (Å²) in [6.07, 6.45) is 14.9. The van der Waals surface area contributed by atoms with Crippen LogP contribution < -0.4 is 9.13 Å². The number of imidazole rings is 2. The maximum Gasteiger partial charge on any atom is 0.243 e. The lowest BCUT2D eigenvalue weighted by Gasteiger charge is -2.16. The van der Waals surface area contributed by atoms with Gasteiger partial charge in [0, 0.05) is 12.8 Å². The van der Waals surface area contributed by atoms with Gasteiger partial charge in [-0.15, -0.1) is 0 Å². The topological polar surface area (TPSA) is 17.6 Å². The number of rotatable bonds is 6. The van der Waals surface area contributed by atoms with E-state index in [4.69, 9.17) is 0 Å². The predicted molar refractivity (Wildman–Crippen MR) is 99.3 cm³/mol. The second kappa shape index (κ2) is 7.26. The van der Waals surface area contributed by atoms with E-state index < -0.39 is 0 Å². The zero-order chi connectivity index (χ0) is 18.0. The molecule has 4 nitrogen and oxygen atoms in total. The third-order valence-electron chi connectivity index (χ3n) is 5.18. The van der Waals surface area contributed by atoms with Crippen LogP contribution in [0.5, 0.6) is 0 Å². The molecule has 0 aliphatic rings. The Balaban J connectivity index is 1.78. The standard InChI is InChI=1S/C21H30N4/c1-17-14-18(2)21(7-9-25-13-11-23(5)16-25)19(3)20(17)6-8-24-12-10-22(4)15-24/h10-16H,6-9H2,1-5H3/q+2. The average molecular weight is 338 g/mol. The number of nitrogens with zero attached hydrogens (tertiary/aromatic N) is 4. The van der Waals surface area contributed by atoms with Crippen molar-refractivity contribution in [3.8, 4) is 0 Å². The first kappa shape index (κ1) is 17.5. The van der Waals surface area contributed by atoms with Crippen LogP contribution in [0.2, 0.25) is 0 Å². The number of hydrogen-bond donors (Lipinski definition) is 0. The van der Waals surface area contributed by atoms with E-state index in [1.54, 1.807) is 0 Å². The van der Waals surface area contributed by atoms with E-state index in [1.165, 1.54) is 27.8 Å². The molecule has 0 unspecified atom stereocenters. The Morgan fingerprint density at radius 3 is 1.56 bits per heavy atom. The molecule has 0 saturated carbocycles. The summed E-state index contributed by atoms with van der Waals surface area (Å²) in [7, 11) is 4.14. The van der Waals surface area contributed by atoms with Gasteiger partial charge in [0.1, 0.15) is 24.8 Å². The predicted octanol–water partition coefficient (Wildman–Crippen LogP) is 2.35. The highest BCUT2D eigenvalue weighted by Gasteiger charge is 2.13. The zero-order valence-corrected chi connectivity index (χ0v) is 16.2. The summed E-state index contributed by atoms with van der Waals surface area (Å²) in [5.74, 6) is 0. The van der Waals surface area contributed by atoms with Crippen LogP contribution in [0.25, 0.3) is 0 Å². The van der Waals surface area contributed by atoms with Crippen LogP contribution in [0, 0.1) is 20.8 Å². The van der Waals surface area contributed by atoms with Gasteiger partial charge in [0.25, 0.3) is 0 Å². The van der Waals surface area contributed by atoms with Crippen molar-refractivity contribution in [3.63, 3.8) is 0 Å². The van der Waals surface area contributed by atoms with Gasteiger partial charge in [-0.1, -0.05) is 6.07 Å². The molecule has 0 radical (unpaired) electrons. The minimum absolute atomic E-state index is 1.03. The van der Waals surface area contributed by atoms with Crippen molar-refractivity contribution in [2.45, 2.75) is 46.7 Å². The summed E-state index contributed by atoms with van der Waals surface area (Å²) in [4.78, 5) is 0. The van der Waals surface area contributed by atoms with Crippen LogP contribution in [0.4, 0.5) is 0 Å². The fourth-order valence-corrected chi connectivity index (χ4v) is 3.79. The summed E-state index contributed by atoms with van der Waals surface area (Å²) in [6, 6.07) is 2.36. The first-order valence-electron chi connectivity index (χ1n) is 9.04. The summed E-state index contributed by atoms with van der Waals surface area (Å²) >= 11 is 0. The van der Waals surface area contributed by atoms with Gasteiger partial charge in [0.2, 0.25) is 12.7 Å². The summed E-state index contributed by atoms with van der Waals surface area (Å²) in [6.45, 7) is 8.86. The van der Waals surface area contributed by atoms with Gasteiger partial charge in [0.05, 0.1) is 27.2 Å². The van der Waals surface area contributed by atoms with Gasteiger partial charge in [-0.05, 0) is 48.6 Å². The highest BCUT2D eigenvalue weighted by atomic mass is 15.1. The van der Waals surface area contributed by atoms with Crippen LogP contribution in [-0.2, 0) is 40.0 Å². The molecule has 25 heavy (non-hydrogen) atoms. The van der Waals surface area contributed by atoms with E-state index in [0.717, 1.165) is 25.9 Å². The maximum absolute atomic E-state index is 2.36. The molecule has 3 aromatic rings. The SMILES string of the molecule is Cc1cc(C)c(CCn2cc[n+](C)c2)c(C)c1CCn1cc[n+](C)c1. The van der Waals surface area contributed by atoms with E-state index in [1.807, 2.05) is 0 Å². The molecule has 1 aromatic carbocycles. The first-order chi connectivity index (χ1) is 11.9. The summed E-state index contributed by atoms with van der Waals surface area (Å²) < 4.78 is 8.71. The van der Waals surface area contributed by atoms with E-state index in [9.17, 15) is 0 Å². The second-order valence-corrected chi connectivity index (χ2v) is 7.23. The molecule has 4 heteroatoms. The van der Waals surface area contributed by atoms with Crippen molar-refractivity contribution in [1.29, 1.82) is 0 Å². The zero-order valence-electron chi connectivity index (χ0n) is 16.2. The molecule has 3 rings (SSSR count). The first-order valence-corrected chi connectivity index (χ1v) is 9.04. The molecule has 2 heterocycles. The fourth-order valence-electron chi connectivity index (χ4n) is 3.79. The second-order valence-electron chi connectivity index (χ2n) is 7.23. The van der Waals surface area contributed by atoms with Crippen molar-refractivity contribution < 1.29 is 9.13 Å². The van der Waals surface area contributed by atoms with Gasteiger partial charge in [-0.2, -0.15) is 0 Å². The normalized spacial score (nSPS) is 11.2. The molecule has 0 bridgehead atoms. The van der Waals surface area contributed by atoms with Crippen LogP contribution >= 0.6 is 0 Å². The van der Waals surface area contributed by atoms with Gasteiger partial charge in [0.15, 0.2) is 0 Å². The molecular formula is C21H30N4+2. The molecule has 0 atom stereocenters. The minimum Gasteiger partial charge on any atom is -0.240 e. The Bertz CT molecular complexity index is 802. The Labute approximate surface area is 151 Å². The summed E-state index contributed by atoms with van der Waals surface area (Å²) in [5.41, 5.74) is 7.33. The molecule has 132 valence electrons. The Hall–Kier alpha value is -2.36. The van der Waals surface area contributed by atoms with Crippen molar-refractivity contribution in [3.05, 3.63) is 71.3 Å².